The molecule has 0 unspecified atom stereocenters. The van der Waals surface area contributed by atoms with Crippen LogP contribution in [0, 0.1) is 0 Å². The van der Waals surface area contributed by atoms with E-state index >= 15 is 0 Å². The Kier molecular flexibility index (Phi) is 10.1. The second-order valence-electron chi connectivity index (χ2n) is 2.65. The van der Waals surface area contributed by atoms with E-state index in [2.05, 4.69) is 19.7 Å². The van der Waals surface area contributed by atoms with Crippen molar-refractivity contribution < 1.29 is 22.8 Å². The second-order valence-corrected chi connectivity index (χ2v) is 5.53. The van der Waals surface area contributed by atoms with Crippen LogP contribution in [0.5, 0.6) is 0 Å². The molecule has 0 saturated carbocycles. The van der Waals surface area contributed by atoms with Gasteiger partial charge < -0.3 is 18.0 Å². The zero-order chi connectivity index (χ0) is 13.2. The Morgan fingerprint density at radius 1 is 1.12 bits per heavy atom. The Hall–Kier alpha value is -0.953. The minimum Gasteiger partial charge on any atom is -0.458 e. The lowest BCUT2D eigenvalue weighted by Gasteiger charge is -2.23. The highest BCUT2D eigenvalue weighted by Gasteiger charge is 2.40. The molecule has 0 fully saturated rings. The molecule has 0 aromatic rings. The molecule has 0 aliphatic heterocycles. The fraction of sp³-hybridized carbons (Fsp3) is 0.500. The first-order valence-corrected chi connectivity index (χ1v) is 6.42. The van der Waals surface area contributed by atoms with E-state index in [1.807, 2.05) is 0 Å². The molecule has 0 aliphatic rings. The fourth-order valence-electron chi connectivity index (χ4n) is 0.704. The van der Waals surface area contributed by atoms with Crippen LogP contribution in [0.2, 0.25) is 0 Å². The molecule has 0 rings (SSSR count). The van der Waals surface area contributed by atoms with Crippen molar-refractivity contribution in [3.05, 3.63) is 25.3 Å². The van der Waals surface area contributed by atoms with Gasteiger partial charge in [0.15, 0.2) is 6.23 Å². The van der Waals surface area contributed by atoms with Gasteiger partial charge in [-0.05, 0) is 6.92 Å². The summed E-state index contributed by atoms with van der Waals surface area (Å²) in [6.45, 7) is 11.0. The zero-order valence-electron chi connectivity index (χ0n) is 10.4. The number of carbonyl (C=O) groups is 1. The summed E-state index contributed by atoms with van der Waals surface area (Å²) < 4.78 is 20.1. The van der Waals surface area contributed by atoms with E-state index in [1.54, 1.807) is 6.92 Å². The van der Waals surface area contributed by atoms with Gasteiger partial charge >= 0.3 is 14.8 Å². The van der Waals surface area contributed by atoms with Gasteiger partial charge in [-0.15, -0.1) is 13.2 Å². The first-order valence-electron chi connectivity index (χ1n) is 4.49. The summed E-state index contributed by atoms with van der Waals surface area (Å²) in [6.07, 6.45) is -0.0117. The molecular weight excluding hydrogens is 228 g/mol. The maximum absolute atomic E-state index is 11.1. The largest absolute Gasteiger partial charge is 0.539 e. The number of hydrogen-bond acceptors (Lipinski definition) is 5. The summed E-state index contributed by atoms with van der Waals surface area (Å²) in [5, 5.41) is 0. The number of ether oxygens (including phenoxy) is 1. The molecule has 0 heterocycles. The van der Waals surface area contributed by atoms with Gasteiger partial charge in [0.2, 0.25) is 0 Å². The molecule has 0 amide bonds. The Morgan fingerprint density at radius 2 is 1.50 bits per heavy atom. The molecule has 16 heavy (non-hydrogen) atoms. The summed E-state index contributed by atoms with van der Waals surface area (Å²) in [5.41, 5.74) is 0.330. The molecule has 0 aliphatic carbocycles. The third-order valence-corrected chi connectivity index (χ3v) is 4.03. The summed E-state index contributed by atoms with van der Waals surface area (Å²) in [7, 11) is 1.55. The molecule has 0 saturated heterocycles. The second kappa shape index (κ2) is 9.29. The lowest BCUT2D eigenvalue weighted by Crippen LogP contribution is -2.48. The maximum atomic E-state index is 11.1. The maximum Gasteiger partial charge on any atom is 0.539 e. The predicted molar refractivity (Wildman–Crippen MR) is 63.8 cm³/mol. The highest BCUT2D eigenvalue weighted by molar-refractivity contribution is 6.60. The third kappa shape index (κ3) is 5.81. The van der Waals surface area contributed by atoms with Gasteiger partial charge in [0.1, 0.15) is 0 Å². The van der Waals surface area contributed by atoms with E-state index in [1.165, 1.54) is 21.3 Å². The van der Waals surface area contributed by atoms with Crippen LogP contribution in [0.3, 0.4) is 0 Å². The van der Waals surface area contributed by atoms with E-state index in [0.29, 0.717) is 5.57 Å². The highest BCUT2D eigenvalue weighted by Crippen LogP contribution is 2.07. The van der Waals surface area contributed by atoms with Crippen LogP contribution in [-0.4, -0.2) is 42.3 Å². The normalized spacial score (nSPS) is 10.0. The van der Waals surface area contributed by atoms with Crippen LogP contribution in [0.25, 0.3) is 0 Å². The van der Waals surface area contributed by atoms with Crippen LogP contribution in [0.4, 0.5) is 0 Å². The number of carbonyl (C=O) groups excluding carboxylic acids is 1. The Morgan fingerprint density at radius 3 is 1.75 bits per heavy atom. The molecule has 0 spiro atoms. The van der Waals surface area contributed by atoms with Gasteiger partial charge in [-0.3, -0.25) is 0 Å². The Balaban J connectivity index is 0. The molecule has 0 radical (unpaired) electrons. The van der Waals surface area contributed by atoms with Gasteiger partial charge in [-0.2, -0.15) is 0 Å². The fourth-order valence-corrected chi connectivity index (χ4v) is 1.87. The molecule has 6 heteroatoms. The van der Waals surface area contributed by atoms with Crippen molar-refractivity contribution in [1.29, 1.82) is 0 Å². The van der Waals surface area contributed by atoms with Gasteiger partial charge in [0.05, 0.1) is 0 Å². The van der Waals surface area contributed by atoms with Crippen molar-refractivity contribution in [2.75, 3.05) is 27.6 Å². The van der Waals surface area contributed by atoms with Gasteiger partial charge in [0.25, 0.3) is 0 Å². The number of hydrogen-bond donors (Lipinski definition) is 0. The van der Waals surface area contributed by atoms with Crippen molar-refractivity contribution in [2.45, 2.75) is 6.92 Å². The minimum absolute atomic E-state index is 0.0117. The standard InChI is InChI=1S/C8H16O5Si.C2H4/c1-7(2)8(9)13-6-14(10-3,11-4)12-5;1-2/h1,6H2,2-5H3;1-2H2. The SMILES string of the molecule is C=C.C=C(C)C(=O)OC[Si](OC)(OC)OC. The molecular formula is C10H20O5Si. The predicted octanol–water partition coefficient (Wildman–Crippen LogP) is 1.33. The van der Waals surface area contributed by atoms with Crippen LogP contribution < -0.4 is 0 Å². The van der Waals surface area contributed by atoms with Crippen molar-refractivity contribution >= 4 is 14.8 Å². The zero-order valence-corrected chi connectivity index (χ0v) is 11.4. The minimum atomic E-state index is -2.81. The van der Waals surface area contributed by atoms with Crippen molar-refractivity contribution in [1.82, 2.24) is 0 Å². The topological polar surface area (TPSA) is 54.0 Å². The highest BCUT2D eigenvalue weighted by atomic mass is 28.4. The summed E-state index contributed by atoms with van der Waals surface area (Å²) >= 11 is 0. The third-order valence-electron chi connectivity index (χ3n) is 1.66. The van der Waals surface area contributed by atoms with Crippen LogP contribution in [0.15, 0.2) is 25.3 Å². The molecule has 0 atom stereocenters. The van der Waals surface area contributed by atoms with E-state index < -0.39 is 14.8 Å². The Bertz CT molecular complexity index is 217. The molecule has 94 valence electrons. The van der Waals surface area contributed by atoms with Crippen LogP contribution in [0.1, 0.15) is 6.92 Å². The van der Waals surface area contributed by atoms with Crippen molar-refractivity contribution in [2.24, 2.45) is 0 Å². The summed E-state index contributed by atoms with van der Waals surface area (Å²) in [6, 6.07) is 0. The monoisotopic (exact) mass is 248 g/mol. The van der Waals surface area contributed by atoms with E-state index in [4.69, 9.17) is 18.0 Å². The van der Waals surface area contributed by atoms with Gasteiger partial charge in [0, 0.05) is 26.9 Å². The molecule has 0 bridgehead atoms. The smallest absolute Gasteiger partial charge is 0.458 e. The Labute approximate surface area is 98.0 Å². The molecule has 0 N–H and O–H groups in total. The average molecular weight is 248 g/mol. The van der Waals surface area contributed by atoms with Gasteiger partial charge in [-0.1, -0.05) is 6.58 Å². The van der Waals surface area contributed by atoms with Gasteiger partial charge in [-0.25, -0.2) is 4.79 Å². The number of rotatable bonds is 6. The van der Waals surface area contributed by atoms with Crippen LogP contribution in [-0.2, 0) is 22.8 Å². The molecule has 5 nitrogen and oxygen atoms in total. The lowest BCUT2D eigenvalue weighted by molar-refractivity contribution is -0.138. The van der Waals surface area contributed by atoms with E-state index in [0.717, 1.165) is 0 Å². The van der Waals surface area contributed by atoms with Crippen molar-refractivity contribution in [3.63, 3.8) is 0 Å². The summed E-state index contributed by atoms with van der Waals surface area (Å²) in [4.78, 5) is 11.1. The van der Waals surface area contributed by atoms with Crippen molar-refractivity contribution in [3.8, 4) is 0 Å². The van der Waals surface area contributed by atoms with E-state index in [-0.39, 0.29) is 6.23 Å². The summed E-state index contributed by atoms with van der Waals surface area (Å²) in [5.74, 6) is -0.479. The first-order chi connectivity index (χ1) is 7.51. The molecule has 0 aromatic heterocycles. The average Bonchev–Trinajstić information content (AvgIpc) is 2.33. The quantitative estimate of drug-likeness (QED) is 0.307. The molecule has 0 aromatic carbocycles. The van der Waals surface area contributed by atoms with Crippen LogP contribution >= 0.6 is 0 Å². The number of esters is 1. The first kappa shape index (κ1) is 17.4. The van der Waals surface area contributed by atoms with E-state index in [9.17, 15) is 4.79 Å². The lowest BCUT2D eigenvalue weighted by atomic mass is 10.4.